The van der Waals surface area contributed by atoms with E-state index in [1.165, 1.54) is 0 Å². The van der Waals surface area contributed by atoms with Crippen LogP contribution in [0.4, 0.5) is 0 Å². The van der Waals surface area contributed by atoms with Crippen LogP contribution >= 0.6 is 0 Å². The molecule has 1 rings (SSSR count). The van der Waals surface area contributed by atoms with Gasteiger partial charge in [-0.1, -0.05) is 6.92 Å². The van der Waals surface area contributed by atoms with Gasteiger partial charge in [0.2, 0.25) is 0 Å². The van der Waals surface area contributed by atoms with E-state index in [2.05, 4.69) is 0 Å². The number of hydrogen-bond donors (Lipinski definition) is 0. The Morgan fingerprint density at radius 3 is 2.70 bits per heavy atom. The average molecular weight is 144 g/mol. The maximum absolute atomic E-state index is 10.4. The number of hydrogen-bond acceptors (Lipinski definition) is 3. The maximum atomic E-state index is 10.4. The van der Waals surface area contributed by atoms with Crippen LogP contribution in [0.3, 0.4) is 0 Å². The highest BCUT2D eigenvalue weighted by Crippen LogP contribution is 2.18. The number of ether oxygens (including phenoxy) is 2. The zero-order valence-electron chi connectivity index (χ0n) is 6.13. The third kappa shape index (κ3) is 1.36. The van der Waals surface area contributed by atoms with Crippen molar-refractivity contribution in [3.63, 3.8) is 0 Å². The van der Waals surface area contributed by atoms with Gasteiger partial charge < -0.3 is 9.47 Å². The van der Waals surface area contributed by atoms with E-state index in [4.69, 9.17) is 9.47 Å². The summed E-state index contributed by atoms with van der Waals surface area (Å²) in [6, 6.07) is 0. The van der Waals surface area contributed by atoms with E-state index in [9.17, 15) is 4.79 Å². The third-order valence-electron chi connectivity index (χ3n) is 1.50. The Morgan fingerprint density at radius 1 is 1.70 bits per heavy atom. The number of carbonyl (C=O) groups excluding carboxylic acids is 1. The van der Waals surface area contributed by atoms with E-state index in [-0.39, 0.29) is 0 Å². The number of rotatable bonds is 4. The highest BCUT2D eigenvalue weighted by molar-refractivity contribution is 5.64. The van der Waals surface area contributed by atoms with E-state index in [0.29, 0.717) is 19.8 Å². The van der Waals surface area contributed by atoms with Crippen molar-refractivity contribution < 1.29 is 14.3 Å². The fourth-order valence-electron chi connectivity index (χ4n) is 0.794. The quantitative estimate of drug-likeness (QED) is 0.535. The van der Waals surface area contributed by atoms with Crippen LogP contribution in [0, 0.1) is 0 Å². The van der Waals surface area contributed by atoms with Gasteiger partial charge in [-0.3, -0.25) is 4.79 Å². The lowest BCUT2D eigenvalue weighted by Gasteiger charge is -2.35. The molecule has 0 aromatic rings. The molecule has 0 N–H and O–H groups in total. The van der Waals surface area contributed by atoms with Crippen LogP contribution in [-0.2, 0) is 14.3 Å². The van der Waals surface area contributed by atoms with Crippen molar-refractivity contribution in [1.29, 1.82) is 0 Å². The maximum Gasteiger partial charge on any atom is 0.169 e. The summed E-state index contributed by atoms with van der Waals surface area (Å²) in [5, 5.41) is 0. The molecule has 1 fully saturated rings. The third-order valence-corrected chi connectivity index (χ3v) is 1.50. The Morgan fingerprint density at radius 2 is 2.40 bits per heavy atom. The van der Waals surface area contributed by atoms with Crippen LogP contribution in [0.15, 0.2) is 0 Å². The van der Waals surface area contributed by atoms with Crippen molar-refractivity contribution >= 4 is 6.29 Å². The zero-order valence-corrected chi connectivity index (χ0v) is 6.13. The molecular weight excluding hydrogens is 132 g/mol. The second-order valence-electron chi connectivity index (χ2n) is 2.52. The lowest BCUT2D eigenvalue weighted by atomic mass is 10.1. The van der Waals surface area contributed by atoms with Crippen LogP contribution in [0.1, 0.15) is 13.3 Å². The van der Waals surface area contributed by atoms with Gasteiger partial charge in [-0.15, -0.1) is 0 Å². The minimum Gasteiger partial charge on any atom is -0.374 e. The van der Waals surface area contributed by atoms with E-state index < -0.39 is 5.60 Å². The summed E-state index contributed by atoms with van der Waals surface area (Å²) in [4.78, 5) is 10.4. The molecule has 1 saturated heterocycles. The van der Waals surface area contributed by atoms with E-state index in [1.807, 2.05) is 6.92 Å². The fourth-order valence-corrected chi connectivity index (χ4v) is 0.794. The summed E-state index contributed by atoms with van der Waals surface area (Å²) >= 11 is 0. The molecule has 0 aromatic heterocycles. The molecular formula is C7H12O3. The van der Waals surface area contributed by atoms with Gasteiger partial charge >= 0.3 is 0 Å². The topological polar surface area (TPSA) is 35.5 Å². The molecule has 0 bridgehead atoms. The normalized spacial score (nSPS) is 21.7. The van der Waals surface area contributed by atoms with Crippen molar-refractivity contribution in [2.75, 3.05) is 19.8 Å². The average Bonchev–Trinajstić information content (AvgIpc) is 1.87. The Kier molecular flexibility index (Phi) is 2.40. The molecule has 1 aliphatic rings. The van der Waals surface area contributed by atoms with Gasteiger partial charge in [0.05, 0.1) is 13.2 Å². The summed E-state index contributed by atoms with van der Waals surface area (Å²) in [6.07, 6.45) is 1.78. The lowest BCUT2D eigenvalue weighted by Crippen LogP contribution is -2.53. The first-order valence-electron chi connectivity index (χ1n) is 3.51. The zero-order chi connectivity index (χ0) is 7.45. The molecule has 3 heteroatoms. The molecule has 58 valence electrons. The van der Waals surface area contributed by atoms with Gasteiger partial charge in [-0.05, 0) is 6.42 Å². The number of carbonyl (C=O) groups is 1. The highest BCUT2D eigenvalue weighted by atomic mass is 16.6. The largest absolute Gasteiger partial charge is 0.374 e. The second kappa shape index (κ2) is 3.12. The van der Waals surface area contributed by atoms with Crippen LogP contribution in [0.5, 0.6) is 0 Å². The van der Waals surface area contributed by atoms with Crippen LogP contribution < -0.4 is 0 Å². The van der Waals surface area contributed by atoms with E-state index in [1.54, 1.807) is 0 Å². The first kappa shape index (κ1) is 7.69. The highest BCUT2D eigenvalue weighted by Gasteiger charge is 2.39. The Labute approximate surface area is 60.3 Å². The van der Waals surface area contributed by atoms with Gasteiger partial charge in [0.25, 0.3) is 0 Å². The Bertz CT molecular complexity index is 118. The van der Waals surface area contributed by atoms with Crippen LogP contribution in [0.25, 0.3) is 0 Å². The molecule has 0 aromatic carbocycles. The van der Waals surface area contributed by atoms with Crippen LogP contribution in [0.2, 0.25) is 0 Å². The number of aldehydes is 1. The molecule has 0 radical (unpaired) electrons. The van der Waals surface area contributed by atoms with Crippen molar-refractivity contribution in [2.45, 2.75) is 18.9 Å². The SMILES string of the molecule is CCCOC1(C=O)COC1. The Hall–Kier alpha value is -0.410. The molecule has 0 saturated carbocycles. The van der Waals surface area contributed by atoms with Gasteiger partial charge in [-0.2, -0.15) is 0 Å². The van der Waals surface area contributed by atoms with Crippen molar-refractivity contribution in [2.24, 2.45) is 0 Å². The molecule has 0 unspecified atom stereocenters. The van der Waals surface area contributed by atoms with Gasteiger partial charge in [0.1, 0.15) is 0 Å². The van der Waals surface area contributed by atoms with Crippen LogP contribution in [-0.4, -0.2) is 31.7 Å². The van der Waals surface area contributed by atoms with Crippen molar-refractivity contribution in [3.05, 3.63) is 0 Å². The minimum absolute atomic E-state index is 0.427. The summed E-state index contributed by atoms with van der Waals surface area (Å²) in [5.74, 6) is 0. The van der Waals surface area contributed by atoms with Crippen molar-refractivity contribution in [1.82, 2.24) is 0 Å². The molecule has 1 aliphatic heterocycles. The summed E-state index contributed by atoms with van der Waals surface area (Å²) in [6.45, 7) is 3.51. The molecule has 1 heterocycles. The molecule has 3 nitrogen and oxygen atoms in total. The molecule has 0 aliphatic carbocycles. The molecule has 10 heavy (non-hydrogen) atoms. The Balaban J connectivity index is 2.26. The first-order chi connectivity index (χ1) is 4.83. The standard InChI is InChI=1S/C7H12O3/c1-2-3-10-7(4-8)5-9-6-7/h4H,2-3,5-6H2,1H3. The lowest BCUT2D eigenvalue weighted by molar-refractivity contribution is -0.199. The predicted molar refractivity (Wildman–Crippen MR) is 35.9 cm³/mol. The fraction of sp³-hybridized carbons (Fsp3) is 0.857. The summed E-state index contributed by atoms with van der Waals surface area (Å²) < 4.78 is 10.1. The molecule has 0 atom stereocenters. The smallest absolute Gasteiger partial charge is 0.169 e. The first-order valence-corrected chi connectivity index (χ1v) is 3.51. The summed E-state index contributed by atoms with van der Waals surface area (Å²) in [5.41, 5.74) is -0.587. The molecule has 0 spiro atoms. The predicted octanol–water partition coefficient (Wildman–Crippen LogP) is 0.381. The van der Waals surface area contributed by atoms with Gasteiger partial charge in [0.15, 0.2) is 11.9 Å². The van der Waals surface area contributed by atoms with Gasteiger partial charge in [0, 0.05) is 6.61 Å². The second-order valence-corrected chi connectivity index (χ2v) is 2.52. The summed E-state index contributed by atoms with van der Waals surface area (Å²) in [7, 11) is 0. The monoisotopic (exact) mass is 144 g/mol. The van der Waals surface area contributed by atoms with Gasteiger partial charge in [-0.25, -0.2) is 0 Å². The van der Waals surface area contributed by atoms with E-state index in [0.717, 1.165) is 12.7 Å². The van der Waals surface area contributed by atoms with Crippen molar-refractivity contribution in [3.8, 4) is 0 Å². The van der Waals surface area contributed by atoms with E-state index >= 15 is 0 Å². The molecule has 0 amide bonds. The minimum atomic E-state index is -0.587.